The van der Waals surface area contributed by atoms with E-state index < -0.39 is 6.04 Å². The van der Waals surface area contributed by atoms with Crippen molar-refractivity contribution in [2.75, 3.05) is 13.1 Å². The van der Waals surface area contributed by atoms with Crippen LogP contribution in [-0.4, -0.2) is 38.6 Å². The van der Waals surface area contributed by atoms with Crippen LogP contribution >= 0.6 is 11.3 Å². The zero-order chi connectivity index (χ0) is 20.7. The van der Waals surface area contributed by atoms with Gasteiger partial charge in [-0.1, -0.05) is 11.2 Å². The average molecular weight is 426 g/mol. The summed E-state index contributed by atoms with van der Waals surface area (Å²) in [4.78, 5) is 33.8. The van der Waals surface area contributed by atoms with Crippen molar-refractivity contribution >= 4 is 17.2 Å². The van der Waals surface area contributed by atoms with E-state index in [0.29, 0.717) is 5.76 Å². The Kier molecular flexibility index (Phi) is 5.00. The minimum Gasteiger partial charge on any atom is -0.359 e. The molecule has 2 aliphatic heterocycles. The van der Waals surface area contributed by atoms with Gasteiger partial charge in [-0.25, -0.2) is 0 Å². The fourth-order valence-corrected chi connectivity index (χ4v) is 5.45. The van der Waals surface area contributed by atoms with Crippen molar-refractivity contribution in [1.29, 1.82) is 0 Å². The summed E-state index contributed by atoms with van der Waals surface area (Å²) in [6.45, 7) is 4.57. The Hall–Kier alpha value is -2.78. The number of amides is 1. The van der Waals surface area contributed by atoms with Crippen molar-refractivity contribution in [2.45, 2.75) is 38.4 Å². The molecule has 0 spiro atoms. The lowest BCUT2D eigenvalue weighted by molar-refractivity contribution is -0.128. The number of piperidine rings is 1. The zero-order valence-electron chi connectivity index (χ0n) is 16.7. The third kappa shape index (κ3) is 3.59. The third-order valence-electron chi connectivity index (χ3n) is 5.97. The SMILES string of the molecule is Cc1cc(CNC(=O)[C@H]2[C@@H]3C[C@@H](CN(Cc4cncs4)C3)c3cccc(=O)n32)on1. The highest BCUT2D eigenvalue weighted by Gasteiger charge is 2.43. The van der Waals surface area contributed by atoms with Crippen LogP contribution in [0.5, 0.6) is 0 Å². The van der Waals surface area contributed by atoms with E-state index >= 15 is 0 Å². The van der Waals surface area contributed by atoms with Gasteiger partial charge in [-0.3, -0.25) is 24.0 Å². The molecule has 3 aromatic rings. The predicted molar refractivity (Wildman–Crippen MR) is 111 cm³/mol. The fraction of sp³-hybridized carbons (Fsp3) is 0.429. The van der Waals surface area contributed by atoms with Gasteiger partial charge in [0.05, 0.1) is 17.7 Å². The number of likely N-dealkylation sites (tertiary alicyclic amines) is 1. The van der Waals surface area contributed by atoms with Crippen LogP contribution in [0, 0.1) is 12.8 Å². The molecule has 1 N–H and O–H groups in total. The van der Waals surface area contributed by atoms with E-state index in [4.69, 9.17) is 4.52 Å². The van der Waals surface area contributed by atoms with Crippen LogP contribution in [0.3, 0.4) is 0 Å². The average Bonchev–Trinajstić information content (AvgIpc) is 3.39. The van der Waals surface area contributed by atoms with Gasteiger partial charge in [-0.15, -0.1) is 11.3 Å². The molecule has 1 saturated heterocycles. The Bertz CT molecular complexity index is 1110. The summed E-state index contributed by atoms with van der Waals surface area (Å²) >= 11 is 1.64. The minimum atomic E-state index is -0.529. The Morgan fingerprint density at radius 2 is 2.27 bits per heavy atom. The predicted octanol–water partition coefficient (Wildman–Crippen LogP) is 2.08. The molecule has 156 valence electrons. The van der Waals surface area contributed by atoms with E-state index in [-0.39, 0.29) is 29.8 Å². The highest BCUT2D eigenvalue weighted by Crippen LogP contribution is 2.41. The van der Waals surface area contributed by atoms with E-state index in [9.17, 15) is 9.59 Å². The maximum absolute atomic E-state index is 13.3. The monoisotopic (exact) mass is 425 g/mol. The zero-order valence-corrected chi connectivity index (χ0v) is 17.5. The Morgan fingerprint density at radius 1 is 1.37 bits per heavy atom. The van der Waals surface area contributed by atoms with E-state index in [1.807, 2.05) is 24.7 Å². The lowest BCUT2D eigenvalue weighted by Gasteiger charge is -2.46. The first-order valence-corrected chi connectivity index (χ1v) is 11.0. The molecule has 0 radical (unpaired) electrons. The molecule has 8 nitrogen and oxygen atoms in total. The van der Waals surface area contributed by atoms with Crippen molar-refractivity contribution < 1.29 is 9.32 Å². The van der Waals surface area contributed by atoms with Crippen LogP contribution in [0.25, 0.3) is 0 Å². The number of aromatic nitrogens is 3. The summed E-state index contributed by atoms with van der Waals surface area (Å²) in [5.74, 6) is 0.764. The van der Waals surface area contributed by atoms with E-state index in [0.717, 1.165) is 37.4 Å². The number of rotatable bonds is 5. The molecular weight excluding hydrogens is 402 g/mol. The standard InChI is InChI=1S/C21H23N5O3S/c1-13-5-16(29-24-13)7-23-21(28)20-15-6-14(18-3-2-4-19(27)26(18)20)9-25(10-15)11-17-8-22-12-30-17/h2-5,8,12,14-15,20H,6-7,9-11H2,1H3,(H,23,28)/t14-,15+,20+/m0/s1. The van der Waals surface area contributed by atoms with Crippen molar-refractivity contribution in [3.63, 3.8) is 0 Å². The van der Waals surface area contributed by atoms with Crippen molar-refractivity contribution in [2.24, 2.45) is 5.92 Å². The third-order valence-corrected chi connectivity index (χ3v) is 6.73. The van der Waals surface area contributed by atoms with Gasteiger partial charge in [-0.05, 0) is 19.4 Å². The lowest BCUT2D eigenvalue weighted by Crippen LogP contribution is -2.53. The van der Waals surface area contributed by atoms with E-state index in [2.05, 4.69) is 20.4 Å². The largest absolute Gasteiger partial charge is 0.359 e. The van der Waals surface area contributed by atoms with Crippen LogP contribution in [-0.2, 0) is 17.9 Å². The molecule has 2 aliphatic rings. The van der Waals surface area contributed by atoms with Crippen LogP contribution in [0.4, 0.5) is 0 Å². The molecule has 1 amide bonds. The topological polar surface area (TPSA) is 93.3 Å². The van der Waals surface area contributed by atoms with Gasteiger partial charge in [0.1, 0.15) is 6.04 Å². The second-order valence-corrected chi connectivity index (χ2v) is 9.08. The van der Waals surface area contributed by atoms with Crippen LogP contribution in [0.2, 0.25) is 0 Å². The molecule has 0 unspecified atom stereocenters. The molecule has 9 heteroatoms. The van der Waals surface area contributed by atoms with Gasteiger partial charge in [0.2, 0.25) is 5.91 Å². The number of nitrogens with one attached hydrogen (secondary N) is 1. The number of thiazole rings is 1. The summed E-state index contributed by atoms with van der Waals surface area (Å²) in [6, 6.07) is 6.59. The van der Waals surface area contributed by atoms with Crippen LogP contribution in [0.15, 0.2) is 45.3 Å². The van der Waals surface area contributed by atoms with Gasteiger partial charge < -0.3 is 9.84 Å². The maximum atomic E-state index is 13.3. The first kappa shape index (κ1) is 19.2. The maximum Gasteiger partial charge on any atom is 0.251 e. The summed E-state index contributed by atoms with van der Waals surface area (Å²) in [6.07, 6.45) is 2.80. The number of carbonyl (C=O) groups is 1. The van der Waals surface area contributed by atoms with Crippen LogP contribution < -0.4 is 10.9 Å². The molecule has 3 atom stereocenters. The first-order valence-electron chi connectivity index (χ1n) is 10.1. The molecule has 5 heterocycles. The smallest absolute Gasteiger partial charge is 0.251 e. The van der Waals surface area contributed by atoms with Crippen LogP contribution in [0.1, 0.15) is 40.4 Å². The van der Waals surface area contributed by atoms with Crippen molar-refractivity contribution in [1.82, 2.24) is 24.9 Å². The number of fused-ring (bicyclic) bond motifs is 4. The second-order valence-electron chi connectivity index (χ2n) is 8.11. The van der Waals surface area contributed by atoms with Gasteiger partial charge in [0.15, 0.2) is 5.76 Å². The summed E-state index contributed by atoms with van der Waals surface area (Å²) in [5, 5.41) is 6.82. The molecule has 0 aromatic carbocycles. The highest BCUT2D eigenvalue weighted by atomic mass is 32.1. The van der Waals surface area contributed by atoms with Gasteiger partial charge in [-0.2, -0.15) is 0 Å². The van der Waals surface area contributed by atoms with E-state index in [1.165, 1.54) is 4.88 Å². The molecular formula is C21H23N5O3S. The van der Waals surface area contributed by atoms with Gasteiger partial charge in [0, 0.05) is 60.4 Å². The fourth-order valence-electron chi connectivity index (χ4n) is 4.81. The van der Waals surface area contributed by atoms with Crippen molar-refractivity contribution in [3.05, 3.63) is 68.4 Å². The molecule has 1 fully saturated rings. The van der Waals surface area contributed by atoms with Crippen molar-refractivity contribution in [3.8, 4) is 0 Å². The summed E-state index contributed by atoms with van der Waals surface area (Å²) < 4.78 is 6.92. The number of carbonyl (C=O) groups excluding carboxylic acids is 1. The highest BCUT2D eigenvalue weighted by molar-refractivity contribution is 7.09. The Labute approximate surface area is 177 Å². The first-order chi connectivity index (χ1) is 14.6. The summed E-state index contributed by atoms with van der Waals surface area (Å²) in [7, 11) is 0. The molecule has 2 bridgehead atoms. The van der Waals surface area contributed by atoms with Gasteiger partial charge in [0.25, 0.3) is 5.56 Å². The molecule has 0 saturated carbocycles. The Morgan fingerprint density at radius 3 is 3.03 bits per heavy atom. The molecule has 3 aromatic heterocycles. The number of nitrogens with zero attached hydrogens (tertiary/aromatic N) is 4. The number of hydrogen-bond donors (Lipinski definition) is 1. The Balaban J connectivity index is 1.42. The van der Waals surface area contributed by atoms with E-state index in [1.54, 1.807) is 34.1 Å². The quantitative estimate of drug-likeness (QED) is 0.673. The molecule has 0 aliphatic carbocycles. The minimum absolute atomic E-state index is 0.0701. The molecule has 5 rings (SSSR count). The lowest BCUT2D eigenvalue weighted by atomic mass is 9.78. The molecule has 30 heavy (non-hydrogen) atoms. The normalized spacial score (nSPS) is 23.2. The number of hydrogen-bond acceptors (Lipinski definition) is 7. The summed E-state index contributed by atoms with van der Waals surface area (Å²) in [5.41, 5.74) is 3.45. The number of aryl methyl sites for hydroxylation is 1. The number of pyridine rings is 1. The van der Waals surface area contributed by atoms with Gasteiger partial charge >= 0.3 is 0 Å². The second kappa shape index (κ2) is 7.81.